The Bertz CT molecular complexity index is 1690. The predicted octanol–water partition coefficient (Wildman–Crippen LogP) is 4.78. The molecule has 4 N–H and O–H groups in total. The molecule has 0 saturated carbocycles. The summed E-state index contributed by atoms with van der Waals surface area (Å²) in [5.74, 6) is 0.985. The van der Waals surface area contributed by atoms with Crippen molar-refractivity contribution in [1.82, 2.24) is 15.0 Å². The zero-order valence-electron chi connectivity index (χ0n) is 23.6. The lowest BCUT2D eigenvalue weighted by Crippen LogP contribution is -2.99. The summed E-state index contributed by atoms with van der Waals surface area (Å²) in [6.07, 6.45) is 1.43. The molecule has 2 heterocycles. The monoisotopic (exact) mass is 590 g/mol. The van der Waals surface area contributed by atoms with E-state index in [-0.39, 0.29) is 11.4 Å². The third-order valence-corrected chi connectivity index (χ3v) is 6.89. The van der Waals surface area contributed by atoms with E-state index in [2.05, 4.69) is 15.2 Å². The fourth-order valence-electron chi connectivity index (χ4n) is 4.72. The van der Waals surface area contributed by atoms with E-state index in [1.807, 2.05) is 77.7 Å². The molecule has 0 aliphatic carbocycles. The third kappa shape index (κ3) is 6.64. The molecule has 44 heavy (non-hydrogen) atoms. The van der Waals surface area contributed by atoms with E-state index in [1.54, 1.807) is 24.3 Å². The minimum Gasteiger partial charge on any atom is -0.595 e. The van der Waals surface area contributed by atoms with Gasteiger partial charge in [-0.15, -0.1) is 0 Å². The average molecular weight is 591 g/mol. The summed E-state index contributed by atoms with van der Waals surface area (Å²) in [6.45, 7) is 2.46. The van der Waals surface area contributed by atoms with Gasteiger partial charge in [0.2, 0.25) is 23.5 Å². The molecule has 12 heteroatoms. The molecular weight excluding hydrogens is 560 g/mol. The van der Waals surface area contributed by atoms with Crippen LogP contribution in [0, 0.1) is 5.21 Å². The van der Waals surface area contributed by atoms with Crippen molar-refractivity contribution in [3.05, 3.63) is 114 Å². The van der Waals surface area contributed by atoms with Gasteiger partial charge < -0.3 is 25.3 Å². The number of phenolic OH excluding ortho intramolecular Hbond substituents is 1. The first-order chi connectivity index (χ1) is 21.5. The molecule has 0 spiro atoms. The number of benzene rings is 4. The Balaban J connectivity index is 1.35. The number of hydrogen-bond acceptors (Lipinski definition) is 11. The first-order valence-corrected chi connectivity index (χ1v) is 14.0. The largest absolute Gasteiger partial charge is 0.595 e. The van der Waals surface area contributed by atoms with Crippen LogP contribution < -0.4 is 20.3 Å². The molecule has 0 bridgehead atoms. The van der Waals surface area contributed by atoms with Crippen molar-refractivity contribution in [2.75, 3.05) is 41.4 Å². The molecule has 12 nitrogen and oxygen atoms in total. The number of nitrogens with one attached hydrogen (secondary N) is 2. The molecule has 5 aromatic rings. The molecule has 1 aliphatic rings. The minimum atomic E-state index is -1.21. The normalized spacial score (nSPS) is 14.0. The van der Waals surface area contributed by atoms with Crippen LogP contribution in [0.3, 0.4) is 0 Å². The number of aliphatic imine (C=N–C) groups is 1. The fraction of sp³-hybridized carbons (Fsp3) is 0.125. The van der Waals surface area contributed by atoms with Crippen molar-refractivity contribution in [2.45, 2.75) is 0 Å². The van der Waals surface area contributed by atoms with Crippen LogP contribution in [0.4, 0.5) is 46.3 Å². The summed E-state index contributed by atoms with van der Waals surface area (Å²) < 4.78 is 5.56. The molecule has 0 radical (unpaired) electrons. The third-order valence-electron chi connectivity index (χ3n) is 6.89. The zero-order chi connectivity index (χ0) is 30.3. The average Bonchev–Trinajstić information content (AvgIpc) is 3.06. The van der Waals surface area contributed by atoms with E-state index in [9.17, 15) is 15.5 Å². The summed E-state index contributed by atoms with van der Waals surface area (Å²) in [5.41, 5.74) is 3.16. The number of rotatable bonds is 9. The number of hydrogen-bond donors (Lipinski definition) is 4. The second-order valence-corrected chi connectivity index (χ2v) is 9.85. The number of phenols is 1. The van der Waals surface area contributed by atoms with Gasteiger partial charge in [0.05, 0.1) is 18.9 Å². The van der Waals surface area contributed by atoms with E-state index >= 15 is 0 Å². The Morgan fingerprint density at radius 3 is 2.23 bits per heavy atom. The van der Waals surface area contributed by atoms with Crippen molar-refractivity contribution in [3.63, 3.8) is 0 Å². The molecule has 1 saturated heterocycles. The summed E-state index contributed by atoms with van der Waals surface area (Å²) >= 11 is 0. The Kier molecular flexibility index (Phi) is 8.66. The van der Waals surface area contributed by atoms with Gasteiger partial charge in [-0.25, -0.2) is 5.21 Å². The molecule has 1 unspecified atom stereocenters. The molecule has 0 amide bonds. The van der Waals surface area contributed by atoms with Gasteiger partial charge in [-0.2, -0.15) is 20.2 Å². The van der Waals surface area contributed by atoms with Crippen molar-refractivity contribution in [2.24, 2.45) is 4.99 Å². The summed E-state index contributed by atoms with van der Waals surface area (Å²) in [4.78, 5) is 23.0. The number of para-hydroxylation sites is 3. The van der Waals surface area contributed by atoms with Crippen molar-refractivity contribution >= 4 is 52.5 Å². The number of quaternary nitrogens is 1. The van der Waals surface area contributed by atoms with Crippen LogP contribution in [0.1, 0.15) is 5.56 Å². The van der Waals surface area contributed by atoms with E-state index < -0.39 is 5.23 Å². The molecular formula is C32H30N8O4. The molecule has 4 aromatic carbocycles. The lowest BCUT2D eigenvalue weighted by atomic mass is 10.2. The Morgan fingerprint density at radius 2 is 1.55 bits per heavy atom. The SMILES string of the molecule is [O-][NH+](O)c1cccc(C=Nc2cccc(Nc3nc(N4CCOCC4)nc(N(c4ccccc4)c4ccccc4)n3)c2)c1O. The smallest absolute Gasteiger partial charge is 0.241 e. The van der Waals surface area contributed by atoms with Crippen molar-refractivity contribution < 1.29 is 20.3 Å². The molecule has 1 aliphatic heterocycles. The number of ether oxygens (including phenoxy) is 1. The van der Waals surface area contributed by atoms with Crippen LogP contribution in [0.2, 0.25) is 0 Å². The molecule has 1 aromatic heterocycles. The van der Waals surface area contributed by atoms with Crippen LogP contribution in [0.25, 0.3) is 0 Å². The lowest BCUT2D eigenvalue weighted by molar-refractivity contribution is -0.991. The highest BCUT2D eigenvalue weighted by Crippen LogP contribution is 2.34. The molecule has 6 rings (SSSR count). The van der Waals surface area contributed by atoms with Crippen molar-refractivity contribution in [3.8, 4) is 5.75 Å². The molecule has 1 atom stereocenters. The van der Waals surface area contributed by atoms with Gasteiger partial charge in [0.25, 0.3) is 0 Å². The van der Waals surface area contributed by atoms with Gasteiger partial charge in [-0.3, -0.25) is 9.89 Å². The van der Waals surface area contributed by atoms with Gasteiger partial charge >= 0.3 is 0 Å². The number of anilines is 6. The highest BCUT2D eigenvalue weighted by Gasteiger charge is 2.21. The molecule has 1 fully saturated rings. The van der Waals surface area contributed by atoms with Gasteiger partial charge in [-0.05, 0) is 48.5 Å². The Morgan fingerprint density at radius 1 is 0.864 bits per heavy atom. The van der Waals surface area contributed by atoms with Crippen LogP contribution in [0.5, 0.6) is 5.75 Å². The fourth-order valence-corrected chi connectivity index (χ4v) is 4.72. The van der Waals surface area contributed by atoms with Crippen LogP contribution in [-0.4, -0.2) is 57.8 Å². The highest BCUT2D eigenvalue weighted by atomic mass is 16.8. The minimum absolute atomic E-state index is 0.189. The van der Waals surface area contributed by atoms with Crippen LogP contribution in [0.15, 0.2) is 108 Å². The predicted molar refractivity (Wildman–Crippen MR) is 168 cm³/mol. The van der Waals surface area contributed by atoms with E-state index in [0.29, 0.717) is 61.1 Å². The summed E-state index contributed by atoms with van der Waals surface area (Å²) in [6, 6.07) is 31.6. The van der Waals surface area contributed by atoms with Gasteiger partial charge in [0.1, 0.15) is 0 Å². The number of aromatic hydroxyl groups is 1. The van der Waals surface area contributed by atoms with E-state index in [4.69, 9.17) is 19.7 Å². The second kappa shape index (κ2) is 13.3. The molecule has 222 valence electrons. The first-order valence-electron chi connectivity index (χ1n) is 14.0. The maximum Gasteiger partial charge on any atom is 0.241 e. The standard InChI is InChI=1S/C32H30N8O4/c41-29-23(9-7-16-28(29)40(42)43)22-33-24-10-8-11-25(21-24)34-30-35-31(38-17-19-44-20-18-38)37-32(36-30)39(26-12-3-1-4-13-26)27-14-5-2-6-15-27/h1-16,21-22,40-42H,17-20H2,(H,34,35,36,37). The maximum absolute atomic E-state index is 11.4. The van der Waals surface area contributed by atoms with Crippen molar-refractivity contribution in [1.29, 1.82) is 0 Å². The zero-order valence-corrected chi connectivity index (χ0v) is 23.6. The first kappa shape index (κ1) is 28.7. The van der Waals surface area contributed by atoms with Gasteiger partial charge in [0.15, 0.2) is 5.75 Å². The summed E-state index contributed by atoms with van der Waals surface area (Å²) in [7, 11) is 0. The Labute approximate surface area is 253 Å². The topological polar surface area (TPSA) is 147 Å². The van der Waals surface area contributed by atoms with E-state index in [0.717, 1.165) is 11.4 Å². The van der Waals surface area contributed by atoms with E-state index in [1.165, 1.54) is 12.3 Å². The number of aromatic nitrogens is 3. The van der Waals surface area contributed by atoms with Crippen LogP contribution in [-0.2, 0) is 4.74 Å². The number of morpholine rings is 1. The lowest BCUT2D eigenvalue weighted by Gasteiger charge is -2.29. The quantitative estimate of drug-likeness (QED) is 0.107. The Hall–Kier alpha value is -5.40. The van der Waals surface area contributed by atoms with Gasteiger partial charge in [0, 0.05) is 48.0 Å². The van der Waals surface area contributed by atoms with Gasteiger partial charge in [-0.1, -0.05) is 48.5 Å². The maximum atomic E-state index is 11.4. The highest BCUT2D eigenvalue weighted by molar-refractivity contribution is 5.87. The number of nitrogens with zero attached hydrogens (tertiary/aromatic N) is 6. The van der Waals surface area contributed by atoms with Crippen LogP contribution >= 0.6 is 0 Å². The second-order valence-electron chi connectivity index (χ2n) is 9.85. The summed E-state index contributed by atoms with van der Waals surface area (Å²) in [5, 5.41) is 33.1.